The first kappa shape index (κ1) is 16.0. The summed E-state index contributed by atoms with van der Waals surface area (Å²) in [6.45, 7) is 4.46. The number of hydrogen-bond donors (Lipinski definition) is 1. The minimum absolute atomic E-state index is 0.0160. The fourth-order valence-corrected chi connectivity index (χ4v) is 2.98. The van der Waals surface area contributed by atoms with Gasteiger partial charge in [-0.25, -0.2) is 0 Å². The quantitative estimate of drug-likeness (QED) is 0.794. The molecule has 1 aliphatic carbocycles. The van der Waals surface area contributed by atoms with Crippen molar-refractivity contribution in [2.75, 3.05) is 32.8 Å². The largest absolute Gasteiger partial charge is 0.481 e. The molecule has 0 radical (unpaired) electrons. The van der Waals surface area contributed by atoms with E-state index in [1.807, 2.05) is 16.7 Å². The lowest BCUT2D eigenvalue weighted by Gasteiger charge is -2.35. The summed E-state index contributed by atoms with van der Waals surface area (Å²) < 4.78 is 5.34. The number of aliphatic carboxylic acids is 1. The second kappa shape index (κ2) is 7.56. The molecule has 1 saturated heterocycles. The zero-order chi connectivity index (χ0) is 15.2. The van der Waals surface area contributed by atoms with Crippen LogP contribution in [0.5, 0.6) is 0 Å². The first-order valence-corrected chi connectivity index (χ1v) is 7.64. The van der Waals surface area contributed by atoms with Gasteiger partial charge in [-0.3, -0.25) is 14.5 Å². The van der Waals surface area contributed by atoms with Crippen LogP contribution < -0.4 is 0 Å². The van der Waals surface area contributed by atoms with Crippen LogP contribution in [0.3, 0.4) is 0 Å². The van der Waals surface area contributed by atoms with Gasteiger partial charge in [-0.05, 0) is 26.2 Å². The van der Waals surface area contributed by atoms with Crippen LogP contribution in [0.1, 0.15) is 32.6 Å². The smallest absolute Gasteiger partial charge is 0.305 e. The van der Waals surface area contributed by atoms with Gasteiger partial charge in [0.25, 0.3) is 0 Å². The molecule has 21 heavy (non-hydrogen) atoms. The summed E-state index contributed by atoms with van der Waals surface area (Å²) in [6, 6.07) is -0.212. The van der Waals surface area contributed by atoms with Crippen molar-refractivity contribution >= 4 is 11.9 Å². The lowest BCUT2D eigenvalue weighted by atomic mass is 10.1. The number of likely N-dealkylation sites (N-methyl/N-ethyl adjacent to an activating group) is 1. The minimum atomic E-state index is -0.853. The van der Waals surface area contributed by atoms with E-state index in [2.05, 4.69) is 6.08 Å². The van der Waals surface area contributed by atoms with Crippen LogP contribution in [0.25, 0.3) is 0 Å². The molecule has 1 aliphatic heterocycles. The molecule has 1 heterocycles. The Morgan fingerprint density at radius 3 is 2.95 bits per heavy atom. The predicted molar refractivity (Wildman–Crippen MR) is 77.8 cm³/mol. The average molecular weight is 296 g/mol. The lowest BCUT2D eigenvalue weighted by Crippen LogP contribution is -2.50. The Labute approximate surface area is 125 Å². The lowest BCUT2D eigenvalue weighted by molar-refractivity contribution is -0.142. The fraction of sp³-hybridized carbons (Fsp3) is 0.733. The molecule has 0 saturated carbocycles. The molecule has 0 aromatic carbocycles. The molecule has 1 fully saturated rings. The van der Waals surface area contributed by atoms with E-state index in [4.69, 9.17) is 9.84 Å². The van der Waals surface area contributed by atoms with Crippen molar-refractivity contribution < 1.29 is 19.4 Å². The number of hydrogen-bond acceptors (Lipinski definition) is 4. The van der Waals surface area contributed by atoms with Crippen molar-refractivity contribution in [1.29, 1.82) is 0 Å². The zero-order valence-corrected chi connectivity index (χ0v) is 12.6. The highest BCUT2D eigenvalue weighted by Crippen LogP contribution is 2.22. The molecule has 1 atom stereocenters. The Balaban J connectivity index is 1.96. The molecule has 1 unspecified atom stereocenters. The van der Waals surface area contributed by atoms with E-state index in [9.17, 15) is 9.59 Å². The summed E-state index contributed by atoms with van der Waals surface area (Å²) >= 11 is 0. The molecule has 0 aromatic rings. The number of allylic oxidation sites excluding steroid dienone is 2. The third-order valence-corrected chi connectivity index (χ3v) is 4.08. The summed E-state index contributed by atoms with van der Waals surface area (Å²) in [5.74, 6) is -0.795. The molecule has 0 aromatic heterocycles. The van der Waals surface area contributed by atoms with Crippen LogP contribution in [-0.2, 0) is 14.3 Å². The standard InChI is InChI=1S/C15H24N2O4/c1-2-17(12-5-3-4-6-12)14(18)10-16-7-8-21-11-13(16)9-15(19)20/h5,13H,2-4,6-11H2,1H3,(H,19,20). The number of morpholine rings is 1. The normalized spacial score (nSPS) is 22.9. The Hall–Kier alpha value is -1.40. The monoisotopic (exact) mass is 296 g/mol. The first-order chi connectivity index (χ1) is 10.1. The van der Waals surface area contributed by atoms with E-state index in [-0.39, 0.29) is 24.9 Å². The highest BCUT2D eigenvalue weighted by molar-refractivity contribution is 5.80. The third-order valence-electron chi connectivity index (χ3n) is 4.08. The van der Waals surface area contributed by atoms with E-state index in [0.29, 0.717) is 26.3 Å². The van der Waals surface area contributed by atoms with Crippen molar-refractivity contribution in [3.05, 3.63) is 11.8 Å². The SMILES string of the molecule is CCN(C(=O)CN1CCOCC1CC(=O)O)C1=CCCC1. The van der Waals surface area contributed by atoms with Crippen LogP contribution in [0, 0.1) is 0 Å². The maximum atomic E-state index is 12.5. The van der Waals surface area contributed by atoms with E-state index >= 15 is 0 Å². The number of amides is 1. The van der Waals surface area contributed by atoms with Gasteiger partial charge in [0.1, 0.15) is 0 Å². The first-order valence-electron chi connectivity index (χ1n) is 7.64. The molecule has 0 spiro atoms. The summed E-state index contributed by atoms with van der Waals surface area (Å²) in [5.41, 5.74) is 1.12. The number of carbonyl (C=O) groups excluding carboxylic acids is 1. The van der Waals surface area contributed by atoms with Gasteiger partial charge >= 0.3 is 5.97 Å². The molecule has 2 aliphatic rings. The topological polar surface area (TPSA) is 70.1 Å². The number of rotatable bonds is 6. The van der Waals surface area contributed by atoms with E-state index < -0.39 is 5.97 Å². The maximum Gasteiger partial charge on any atom is 0.305 e. The van der Waals surface area contributed by atoms with Crippen LogP contribution >= 0.6 is 0 Å². The van der Waals surface area contributed by atoms with Crippen LogP contribution in [0.2, 0.25) is 0 Å². The predicted octanol–water partition coefficient (Wildman–Crippen LogP) is 1.08. The van der Waals surface area contributed by atoms with Gasteiger partial charge in [0, 0.05) is 24.8 Å². The average Bonchev–Trinajstić information content (AvgIpc) is 2.95. The number of ether oxygens (including phenoxy) is 1. The summed E-state index contributed by atoms with van der Waals surface area (Å²) in [6.07, 6.45) is 5.26. The van der Waals surface area contributed by atoms with Crippen molar-refractivity contribution in [3.63, 3.8) is 0 Å². The van der Waals surface area contributed by atoms with Gasteiger partial charge < -0.3 is 14.7 Å². The minimum Gasteiger partial charge on any atom is -0.481 e. The van der Waals surface area contributed by atoms with Crippen molar-refractivity contribution in [1.82, 2.24) is 9.80 Å². The van der Waals surface area contributed by atoms with Gasteiger partial charge in [-0.15, -0.1) is 0 Å². The zero-order valence-electron chi connectivity index (χ0n) is 12.6. The van der Waals surface area contributed by atoms with Gasteiger partial charge in [0.05, 0.1) is 26.2 Å². The van der Waals surface area contributed by atoms with Crippen LogP contribution in [0.4, 0.5) is 0 Å². The molecule has 1 amide bonds. The summed E-state index contributed by atoms with van der Waals surface area (Å²) in [4.78, 5) is 27.2. The van der Waals surface area contributed by atoms with Crippen molar-refractivity contribution in [2.45, 2.75) is 38.6 Å². The molecule has 1 N–H and O–H groups in total. The Morgan fingerprint density at radius 2 is 2.33 bits per heavy atom. The van der Waals surface area contributed by atoms with Crippen molar-refractivity contribution in [3.8, 4) is 0 Å². The summed E-state index contributed by atoms with van der Waals surface area (Å²) in [7, 11) is 0. The molecular formula is C15H24N2O4. The van der Waals surface area contributed by atoms with Gasteiger partial charge in [0.2, 0.25) is 5.91 Å². The second-order valence-corrected chi connectivity index (χ2v) is 5.52. The van der Waals surface area contributed by atoms with Crippen LogP contribution in [0.15, 0.2) is 11.8 Å². The highest BCUT2D eigenvalue weighted by atomic mass is 16.5. The fourth-order valence-electron chi connectivity index (χ4n) is 2.98. The number of nitrogens with zero attached hydrogens (tertiary/aromatic N) is 2. The Kier molecular flexibility index (Phi) is 5.76. The van der Waals surface area contributed by atoms with Gasteiger partial charge in [-0.2, -0.15) is 0 Å². The maximum absolute atomic E-state index is 12.5. The van der Waals surface area contributed by atoms with Crippen molar-refractivity contribution in [2.24, 2.45) is 0 Å². The second-order valence-electron chi connectivity index (χ2n) is 5.52. The summed E-state index contributed by atoms with van der Waals surface area (Å²) in [5, 5.41) is 8.96. The molecule has 6 nitrogen and oxygen atoms in total. The van der Waals surface area contributed by atoms with E-state index in [0.717, 1.165) is 25.0 Å². The van der Waals surface area contributed by atoms with Gasteiger partial charge in [0.15, 0.2) is 0 Å². The number of carboxylic acids is 1. The Bertz CT molecular complexity index is 422. The molecule has 6 heteroatoms. The molecule has 118 valence electrons. The van der Waals surface area contributed by atoms with E-state index in [1.54, 1.807) is 0 Å². The highest BCUT2D eigenvalue weighted by Gasteiger charge is 2.29. The molecule has 0 bridgehead atoms. The molecule has 2 rings (SSSR count). The van der Waals surface area contributed by atoms with Crippen LogP contribution in [-0.4, -0.2) is 65.7 Å². The Morgan fingerprint density at radius 1 is 1.52 bits per heavy atom. The third kappa shape index (κ3) is 4.28. The van der Waals surface area contributed by atoms with E-state index in [1.165, 1.54) is 0 Å². The van der Waals surface area contributed by atoms with Gasteiger partial charge in [-0.1, -0.05) is 6.08 Å². The molecular weight excluding hydrogens is 272 g/mol. The number of carbonyl (C=O) groups is 2. The number of carboxylic acid groups (broad SMARTS) is 1.